The van der Waals surface area contributed by atoms with Gasteiger partial charge in [-0.2, -0.15) is 0 Å². The van der Waals surface area contributed by atoms with Crippen LogP contribution in [0.1, 0.15) is 23.6 Å². The molecule has 6 nitrogen and oxygen atoms in total. The van der Waals surface area contributed by atoms with Crippen LogP contribution in [0.4, 0.5) is 0 Å². The van der Waals surface area contributed by atoms with Gasteiger partial charge in [-0.25, -0.2) is 4.79 Å². The van der Waals surface area contributed by atoms with Crippen molar-refractivity contribution in [2.45, 2.75) is 45.1 Å². The Morgan fingerprint density at radius 2 is 1.24 bits per heavy atom. The topological polar surface area (TPSA) is 74.2 Å². The number of aliphatic hydroxyl groups excluding tert-OH is 1. The third kappa shape index (κ3) is 9.72. The number of carbonyl (C=O) groups excluding carboxylic acids is 1. The molecule has 0 bridgehead atoms. The Kier molecular flexibility index (Phi) is 12.5. The summed E-state index contributed by atoms with van der Waals surface area (Å²) < 4.78 is 23.7. The molecular weight excluding hydrogens is 480 g/mol. The molecule has 0 saturated heterocycles. The highest BCUT2D eigenvalue weighted by Gasteiger charge is 2.31. The van der Waals surface area contributed by atoms with Crippen LogP contribution in [0.25, 0.3) is 0 Å². The standard InChI is InChI=1S/C32H36O6/c1-25(32(34)35-2)13-12-20-29(36-22-26-14-6-3-7-15-26)31(38-24-28-18-10-5-11-19-28)30(21-33)37-23-27-16-8-4-9-17-27/h3-20,29-31,33H,21-24H2,1-2H3/b20-12+,25-13+. The molecule has 3 rings (SSSR count). The number of methoxy groups -OCH3 is 1. The fourth-order valence-electron chi connectivity index (χ4n) is 3.77. The second kappa shape index (κ2) is 16.3. The van der Waals surface area contributed by atoms with Crippen LogP contribution in [0.3, 0.4) is 0 Å². The lowest BCUT2D eigenvalue weighted by molar-refractivity contribution is -0.149. The number of benzene rings is 3. The number of carbonyl (C=O) groups is 1. The van der Waals surface area contributed by atoms with E-state index in [9.17, 15) is 9.90 Å². The van der Waals surface area contributed by atoms with Crippen molar-refractivity contribution < 1.29 is 28.8 Å². The molecule has 38 heavy (non-hydrogen) atoms. The Hall–Kier alpha value is -3.55. The summed E-state index contributed by atoms with van der Waals surface area (Å²) in [6.45, 7) is 2.37. The largest absolute Gasteiger partial charge is 0.466 e. The Morgan fingerprint density at radius 1 is 0.763 bits per heavy atom. The first-order valence-electron chi connectivity index (χ1n) is 12.6. The second-order valence-corrected chi connectivity index (χ2v) is 8.77. The smallest absolute Gasteiger partial charge is 0.333 e. The van der Waals surface area contributed by atoms with Crippen molar-refractivity contribution in [2.75, 3.05) is 13.7 Å². The van der Waals surface area contributed by atoms with Gasteiger partial charge in [0.1, 0.15) is 18.3 Å². The molecule has 3 atom stereocenters. The lowest BCUT2D eigenvalue weighted by Crippen LogP contribution is -2.43. The number of allylic oxidation sites excluding steroid dienone is 2. The van der Waals surface area contributed by atoms with E-state index < -0.39 is 24.3 Å². The van der Waals surface area contributed by atoms with Gasteiger partial charge in [-0.05, 0) is 23.6 Å². The maximum Gasteiger partial charge on any atom is 0.333 e. The van der Waals surface area contributed by atoms with E-state index in [-0.39, 0.29) is 6.61 Å². The molecule has 0 aromatic heterocycles. The quantitative estimate of drug-likeness (QED) is 0.165. The van der Waals surface area contributed by atoms with Crippen molar-refractivity contribution in [2.24, 2.45) is 0 Å². The second-order valence-electron chi connectivity index (χ2n) is 8.77. The van der Waals surface area contributed by atoms with Gasteiger partial charge in [0.2, 0.25) is 0 Å². The highest BCUT2D eigenvalue weighted by Crippen LogP contribution is 2.20. The molecule has 0 aliphatic rings. The molecule has 0 saturated carbocycles. The number of aliphatic hydroxyl groups is 1. The summed E-state index contributed by atoms with van der Waals surface area (Å²) in [4.78, 5) is 11.8. The van der Waals surface area contributed by atoms with Gasteiger partial charge in [-0.3, -0.25) is 0 Å². The number of ether oxygens (including phenoxy) is 4. The molecule has 1 N–H and O–H groups in total. The highest BCUT2D eigenvalue weighted by atomic mass is 16.6. The lowest BCUT2D eigenvalue weighted by Gasteiger charge is -2.31. The molecular formula is C32H36O6. The van der Waals surface area contributed by atoms with E-state index >= 15 is 0 Å². The van der Waals surface area contributed by atoms with Crippen LogP contribution in [0.5, 0.6) is 0 Å². The molecule has 3 unspecified atom stereocenters. The lowest BCUT2D eigenvalue weighted by atomic mass is 10.1. The summed E-state index contributed by atoms with van der Waals surface area (Å²) in [5, 5.41) is 10.4. The minimum absolute atomic E-state index is 0.262. The number of esters is 1. The zero-order valence-corrected chi connectivity index (χ0v) is 21.9. The highest BCUT2D eigenvalue weighted by molar-refractivity contribution is 5.87. The first kappa shape index (κ1) is 29.0. The summed E-state index contributed by atoms with van der Waals surface area (Å²) in [5.41, 5.74) is 3.43. The van der Waals surface area contributed by atoms with Crippen LogP contribution in [0.15, 0.2) is 115 Å². The van der Waals surface area contributed by atoms with Gasteiger partial charge < -0.3 is 24.1 Å². The van der Waals surface area contributed by atoms with Gasteiger partial charge in [0, 0.05) is 5.57 Å². The summed E-state index contributed by atoms with van der Waals surface area (Å²) in [5.74, 6) is -0.410. The molecule has 3 aromatic rings. The fourth-order valence-corrected chi connectivity index (χ4v) is 3.77. The maximum atomic E-state index is 11.8. The molecule has 0 aliphatic carbocycles. The predicted octanol–water partition coefficient (Wildman–Crippen LogP) is 5.41. The summed E-state index contributed by atoms with van der Waals surface area (Å²) in [6.07, 6.45) is 3.32. The van der Waals surface area contributed by atoms with Gasteiger partial charge >= 0.3 is 5.97 Å². The molecule has 3 aromatic carbocycles. The van der Waals surface area contributed by atoms with Crippen molar-refractivity contribution in [3.8, 4) is 0 Å². The molecule has 0 heterocycles. The monoisotopic (exact) mass is 516 g/mol. The Morgan fingerprint density at radius 3 is 1.71 bits per heavy atom. The molecule has 200 valence electrons. The Balaban J connectivity index is 1.86. The van der Waals surface area contributed by atoms with Crippen LogP contribution in [-0.4, -0.2) is 43.1 Å². The molecule has 0 aliphatic heterocycles. The van der Waals surface area contributed by atoms with Crippen LogP contribution >= 0.6 is 0 Å². The minimum atomic E-state index is -0.671. The van der Waals surface area contributed by atoms with Crippen molar-refractivity contribution in [1.29, 1.82) is 0 Å². The maximum absolute atomic E-state index is 11.8. The summed E-state index contributed by atoms with van der Waals surface area (Å²) in [7, 11) is 1.35. The normalized spacial score (nSPS) is 14.2. The van der Waals surface area contributed by atoms with Crippen molar-refractivity contribution in [3.63, 3.8) is 0 Å². The van der Waals surface area contributed by atoms with Gasteiger partial charge in [0.25, 0.3) is 0 Å². The van der Waals surface area contributed by atoms with Crippen molar-refractivity contribution in [3.05, 3.63) is 131 Å². The summed E-state index contributed by atoms with van der Waals surface area (Å²) >= 11 is 0. The first-order valence-corrected chi connectivity index (χ1v) is 12.6. The first-order chi connectivity index (χ1) is 18.6. The van der Waals surface area contributed by atoms with E-state index in [2.05, 4.69) is 0 Å². The third-order valence-corrected chi connectivity index (χ3v) is 5.90. The predicted molar refractivity (Wildman–Crippen MR) is 147 cm³/mol. The van der Waals surface area contributed by atoms with E-state index in [1.165, 1.54) is 7.11 Å². The van der Waals surface area contributed by atoms with Gasteiger partial charge in [-0.15, -0.1) is 0 Å². The number of hydrogen-bond donors (Lipinski definition) is 1. The van der Waals surface area contributed by atoms with Crippen LogP contribution in [-0.2, 0) is 43.6 Å². The Labute approximate surface area is 225 Å². The van der Waals surface area contributed by atoms with Crippen LogP contribution < -0.4 is 0 Å². The minimum Gasteiger partial charge on any atom is -0.466 e. The molecule has 0 fully saturated rings. The zero-order valence-electron chi connectivity index (χ0n) is 21.9. The molecule has 0 amide bonds. The van der Waals surface area contributed by atoms with Gasteiger partial charge in [0.05, 0.1) is 33.5 Å². The van der Waals surface area contributed by atoms with E-state index in [1.807, 2.05) is 97.1 Å². The average molecular weight is 517 g/mol. The van der Waals surface area contributed by atoms with E-state index in [0.717, 1.165) is 16.7 Å². The molecule has 0 spiro atoms. The van der Waals surface area contributed by atoms with Crippen LogP contribution in [0.2, 0.25) is 0 Å². The van der Waals surface area contributed by atoms with Crippen LogP contribution in [0, 0.1) is 0 Å². The number of rotatable bonds is 15. The number of hydrogen-bond acceptors (Lipinski definition) is 6. The van der Waals surface area contributed by atoms with Crippen molar-refractivity contribution >= 4 is 5.97 Å². The molecule has 6 heteroatoms. The average Bonchev–Trinajstić information content (AvgIpc) is 2.97. The molecule has 0 radical (unpaired) electrons. The van der Waals surface area contributed by atoms with E-state index in [0.29, 0.717) is 25.4 Å². The van der Waals surface area contributed by atoms with Gasteiger partial charge in [0.15, 0.2) is 0 Å². The van der Waals surface area contributed by atoms with Gasteiger partial charge in [-0.1, -0.05) is 109 Å². The third-order valence-electron chi connectivity index (χ3n) is 5.90. The SMILES string of the molecule is COC(=O)/C(C)=C/C=C/C(OCc1ccccc1)C(OCc1ccccc1)C(CO)OCc1ccccc1. The fraction of sp³-hybridized carbons (Fsp3) is 0.281. The van der Waals surface area contributed by atoms with Crippen molar-refractivity contribution in [1.82, 2.24) is 0 Å². The summed E-state index contributed by atoms with van der Waals surface area (Å²) in [6, 6.07) is 29.4. The van der Waals surface area contributed by atoms with E-state index in [1.54, 1.807) is 19.1 Å². The Bertz CT molecular complexity index is 1130. The van der Waals surface area contributed by atoms with E-state index in [4.69, 9.17) is 18.9 Å². The zero-order chi connectivity index (χ0) is 27.0.